The average Bonchev–Trinajstić information content (AvgIpc) is 3.02. The zero-order valence-corrected chi connectivity index (χ0v) is 11.2. The van der Waals surface area contributed by atoms with Gasteiger partial charge in [-0.1, -0.05) is 12.1 Å². The van der Waals surface area contributed by atoms with Crippen molar-refractivity contribution >= 4 is 11.6 Å². The first-order chi connectivity index (χ1) is 10.3. The van der Waals surface area contributed by atoms with Crippen molar-refractivity contribution in [2.45, 2.75) is 0 Å². The molecule has 0 atom stereocenters. The summed E-state index contributed by atoms with van der Waals surface area (Å²) in [6.45, 7) is 0. The fourth-order valence-corrected chi connectivity index (χ4v) is 1.97. The van der Waals surface area contributed by atoms with Gasteiger partial charge in [0.1, 0.15) is 12.2 Å². The van der Waals surface area contributed by atoms with Gasteiger partial charge in [-0.05, 0) is 47.5 Å². The van der Waals surface area contributed by atoms with Gasteiger partial charge in [0.2, 0.25) is 5.91 Å². The summed E-state index contributed by atoms with van der Waals surface area (Å²) < 4.78 is 5.10. The van der Waals surface area contributed by atoms with Crippen LogP contribution in [0.3, 0.4) is 0 Å². The van der Waals surface area contributed by atoms with Gasteiger partial charge in [0.25, 0.3) is 0 Å². The molecule has 0 spiro atoms. The second-order valence-electron chi connectivity index (χ2n) is 4.46. The molecule has 0 unspecified atom stereocenters. The first-order valence-corrected chi connectivity index (χ1v) is 6.51. The Kier molecular flexibility index (Phi) is 3.78. The fourth-order valence-electron chi connectivity index (χ4n) is 1.97. The number of benzene rings is 1. The molecule has 4 heteroatoms. The van der Waals surface area contributed by atoms with E-state index in [1.54, 1.807) is 24.5 Å². The number of aromatic nitrogens is 1. The zero-order valence-electron chi connectivity index (χ0n) is 11.2. The third-order valence-electron chi connectivity index (χ3n) is 2.98. The molecule has 4 nitrogen and oxygen atoms in total. The van der Waals surface area contributed by atoms with E-state index in [9.17, 15) is 4.79 Å². The van der Waals surface area contributed by atoms with Crippen LogP contribution in [0.5, 0.6) is 0 Å². The highest BCUT2D eigenvalue weighted by atomic mass is 16.3. The Bertz CT molecular complexity index is 704. The van der Waals surface area contributed by atoms with Crippen molar-refractivity contribution in [1.82, 2.24) is 4.98 Å². The molecule has 3 aromatic rings. The summed E-state index contributed by atoms with van der Waals surface area (Å²) in [6.07, 6.45) is 6.45. The molecular formula is C17H13N2O2. The number of pyridine rings is 1. The van der Waals surface area contributed by atoms with E-state index in [0.29, 0.717) is 5.76 Å². The van der Waals surface area contributed by atoms with Crippen LogP contribution in [0.25, 0.3) is 11.1 Å². The second kappa shape index (κ2) is 6.05. The summed E-state index contributed by atoms with van der Waals surface area (Å²) in [6, 6.07) is 15.0. The molecule has 1 aromatic carbocycles. The Hall–Kier alpha value is -2.88. The lowest BCUT2D eigenvalue weighted by atomic mass is 10.1. The van der Waals surface area contributed by atoms with E-state index in [4.69, 9.17) is 4.42 Å². The molecular weight excluding hydrogens is 264 g/mol. The minimum Gasteiger partial charge on any atom is -0.468 e. The molecule has 2 heterocycles. The number of hydrogen-bond acceptors (Lipinski definition) is 3. The molecule has 0 saturated carbocycles. The van der Waals surface area contributed by atoms with Gasteiger partial charge in [-0.25, -0.2) is 0 Å². The summed E-state index contributed by atoms with van der Waals surface area (Å²) in [5, 5.41) is 2.79. The van der Waals surface area contributed by atoms with Crippen molar-refractivity contribution in [1.29, 1.82) is 0 Å². The molecule has 0 fully saturated rings. The van der Waals surface area contributed by atoms with Crippen molar-refractivity contribution in [3.63, 3.8) is 0 Å². The molecule has 1 radical (unpaired) electrons. The van der Waals surface area contributed by atoms with E-state index in [1.807, 2.05) is 36.4 Å². The van der Waals surface area contributed by atoms with E-state index in [-0.39, 0.29) is 5.91 Å². The Morgan fingerprint density at radius 3 is 2.38 bits per heavy atom. The summed E-state index contributed by atoms with van der Waals surface area (Å²) in [5.41, 5.74) is 2.90. The largest absolute Gasteiger partial charge is 0.468 e. The van der Waals surface area contributed by atoms with E-state index >= 15 is 0 Å². The molecule has 0 aliphatic rings. The molecule has 0 aliphatic heterocycles. The topological polar surface area (TPSA) is 55.1 Å². The Morgan fingerprint density at radius 1 is 1.00 bits per heavy atom. The molecule has 0 bridgehead atoms. The first-order valence-electron chi connectivity index (χ1n) is 6.51. The van der Waals surface area contributed by atoms with Gasteiger partial charge < -0.3 is 9.73 Å². The maximum atomic E-state index is 11.8. The maximum Gasteiger partial charge on any atom is 0.236 e. The molecule has 0 saturated heterocycles. The summed E-state index contributed by atoms with van der Waals surface area (Å²) in [4.78, 5) is 15.8. The van der Waals surface area contributed by atoms with Crippen LogP contribution in [0.2, 0.25) is 0 Å². The van der Waals surface area contributed by atoms with Gasteiger partial charge in [-0.3, -0.25) is 9.78 Å². The van der Waals surface area contributed by atoms with Crippen LogP contribution >= 0.6 is 0 Å². The van der Waals surface area contributed by atoms with Gasteiger partial charge >= 0.3 is 0 Å². The predicted octanol–water partition coefficient (Wildman–Crippen LogP) is 3.53. The van der Waals surface area contributed by atoms with E-state index < -0.39 is 0 Å². The Labute approximate surface area is 122 Å². The average molecular weight is 277 g/mol. The number of carbonyl (C=O) groups excluding carboxylic acids is 1. The smallest absolute Gasteiger partial charge is 0.236 e. The van der Waals surface area contributed by atoms with Crippen LogP contribution in [-0.4, -0.2) is 10.9 Å². The number of nitrogens with one attached hydrogen (secondary N) is 1. The fraction of sp³-hybridized carbons (Fsp3) is 0. The highest BCUT2D eigenvalue weighted by Crippen LogP contribution is 2.20. The molecule has 1 N–H and O–H groups in total. The van der Waals surface area contributed by atoms with Crippen LogP contribution in [0.15, 0.2) is 71.6 Å². The SMILES string of the molecule is O=C([CH]c1ccco1)Nc1ccc(-c2ccncc2)cc1. The minimum absolute atomic E-state index is 0.221. The molecule has 2 aromatic heterocycles. The molecule has 21 heavy (non-hydrogen) atoms. The van der Waals surface area contributed by atoms with Crippen molar-refractivity contribution < 1.29 is 9.21 Å². The van der Waals surface area contributed by atoms with Crippen LogP contribution < -0.4 is 5.32 Å². The summed E-state index contributed by atoms with van der Waals surface area (Å²) >= 11 is 0. The lowest BCUT2D eigenvalue weighted by Crippen LogP contribution is -2.11. The standard InChI is InChI=1S/C17H13N2O2/c20-17(12-16-2-1-11-21-16)19-15-5-3-13(4-6-15)14-7-9-18-10-8-14/h1-12H,(H,19,20). The van der Waals surface area contributed by atoms with E-state index in [1.165, 1.54) is 12.7 Å². The van der Waals surface area contributed by atoms with Crippen LogP contribution in [-0.2, 0) is 4.79 Å². The molecule has 0 aliphatic carbocycles. The Balaban J connectivity index is 1.66. The molecule has 3 rings (SSSR count). The number of rotatable bonds is 4. The second-order valence-corrected chi connectivity index (χ2v) is 4.46. The number of furan rings is 1. The van der Waals surface area contributed by atoms with Gasteiger partial charge in [-0.15, -0.1) is 0 Å². The third kappa shape index (κ3) is 3.36. The quantitative estimate of drug-likeness (QED) is 0.793. The number of amides is 1. The number of anilines is 1. The first kappa shape index (κ1) is 13.1. The zero-order chi connectivity index (χ0) is 14.5. The van der Waals surface area contributed by atoms with Gasteiger partial charge in [0.05, 0.1) is 6.26 Å². The summed E-state index contributed by atoms with van der Waals surface area (Å²) in [7, 11) is 0. The normalized spacial score (nSPS) is 10.3. The highest BCUT2D eigenvalue weighted by molar-refractivity contribution is 5.99. The monoisotopic (exact) mass is 277 g/mol. The third-order valence-corrected chi connectivity index (χ3v) is 2.98. The highest BCUT2D eigenvalue weighted by Gasteiger charge is 2.07. The molecule has 103 valence electrons. The van der Waals surface area contributed by atoms with Crippen LogP contribution in [0.4, 0.5) is 5.69 Å². The summed E-state index contributed by atoms with van der Waals surface area (Å²) in [5.74, 6) is 0.308. The van der Waals surface area contributed by atoms with E-state index in [0.717, 1.165) is 16.8 Å². The lowest BCUT2D eigenvalue weighted by molar-refractivity contribution is -0.113. The van der Waals surface area contributed by atoms with E-state index in [2.05, 4.69) is 10.3 Å². The lowest BCUT2D eigenvalue weighted by Gasteiger charge is -2.06. The number of carbonyl (C=O) groups is 1. The van der Waals surface area contributed by atoms with Crippen LogP contribution in [0, 0.1) is 6.42 Å². The van der Waals surface area contributed by atoms with Gasteiger partial charge in [-0.2, -0.15) is 0 Å². The van der Waals surface area contributed by atoms with Gasteiger partial charge in [0.15, 0.2) is 0 Å². The van der Waals surface area contributed by atoms with Crippen molar-refractivity contribution in [2.75, 3.05) is 5.32 Å². The van der Waals surface area contributed by atoms with Crippen molar-refractivity contribution in [3.8, 4) is 11.1 Å². The Morgan fingerprint density at radius 2 is 1.71 bits per heavy atom. The predicted molar refractivity (Wildman–Crippen MR) is 80.4 cm³/mol. The van der Waals surface area contributed by atoms with Crippen LogP contribution in [0.1, 0.15) is 5.76 Å². The van der Waals surface area contributed by atoms with Gasteiger partial charge in [0, 0.05) is 18.1 Å². The van der Waals surface area contributed by atoms with Crippen molar-refractivity contribution in [2.24, 2.45) is 0 Å². The minimum atomic E-state index is -0.221. The van der Waals surface area contributed by atoms with Crippen molar-refractivity contribution in [3.05, 3.63) is 79.4 Å². The number of nitrogens with zero attached hydrogens (tertiary/aromatic N) is 1. The number of hydrogen-bond donors (Lipinski definition) is 1. The maximum absolute atomic E-state index is 11.8. The molecule has 1 amide bonds.